The average molecular weight is 409 g/mol. The summed E-state index contributed by atoms with van der Waals surface area (Å²) in [5.74, 6) is -0.361. The van der Waals surface area contributed by atoms with Gasteiger partial charge in [0.2, 0.25) is 10.0 Å². The van der Waals surface area contributed by atoms with Crippen LogP contribution >= 0.6 is 11.6 Å². The van der Waals surface area contributed by atoms with Crippen molar-refractivity contribution in [2.24, 2.45) is 5.14 Å². The maximum Gasteiger partial charge on any atom is 0.238 e. The molecular formula is C18H18ClFN4O2S. The third-order valence-electron chi connectivity index (χ3n) is 4.54. The van der Waals surface area contributed by atoms with E-state index in [4.69, 9.17) is 16.7 Å². The molecule has 1 aliphatic rings. The van der Waals surface area contributed by atoms with E-state index in [-0.39, 0.29) is 16.3 Å². The standard InChI is InChI=1S/C18H18ClFN4O2S/c19-17-10-15(20)2-1-13(17)12-23-5-7-24(8-6-23)18-4-3-16(27(22,25)26)9-14(18)11-21/h1-4,9-10H,5-8,12H2,(H2,22,25,26). The SMILES string of the molecule is N#Cc1cc(S(N)(=O)=O)ccc1N1CCN(Cc2ccc(F)cc2Cl)CC1. The van der Waals surface area contributed by atoms with Gasteiger partial charge in [0.1, 0.15) is 11.9 Å². The van der Waals surface area contributed by atoms with Crippen LogP contribution in [0.2, 0.25) is 5.02 Å². The summed E-state index contributed by atoms with van der Waals surface area (Å²) in [6.45, 7) is 3.41. The van der Waals surface area contributed by atoms with E-state index < -0.39 is 10.0 Å². The zero-order valence-corrected chi connectivity index (χ0v) is 16.0. The molecule has 1 fully saturated rings. The maximum absolute atomic E-state index is 13.2. The molecule has 1 aliphatic heterocycles. The van der Waals surface area contributed by atoms with Gasteiger partial charge in [-0.05, 0) is 35.9 Å². The fourth-order valence-corrected chi connectivity index (χ4v) is 3.86. The van der Waals surface area contributed by atoms with Gasteiger partial charge in [0.25, 0.3) is 0 Å². The van der Waals surface area contributed by atoms with E-state index in [1.807, 2.05) is 11.0 Å². The van der Waals surface area contributed by atoms with Gasteiger partial charge in [0.05, 0.1) is 16.1 Å². The van der Waals surface area contributed by atoms with Crippen LogP contribution < -0.4 is 10.0 Å². The normalized spacial score (nSPS) is 15.6. The highest BCUT2D eigenvalue weighted by Crippen LogP contribution is 2.25. The number of halogens is 2. The lowest BCUT2D eigenvalue weighted by molar-refractivity contribution is 0.250. The number of rotatable bonds is 4. The minimum atomic E-state index is -3.85. The van der Waals surface area contributed by atoms with Crippen molar-refractivity contribution in [3.8, 4) is 6.07 Å². The minimum Gasteiger partial charge on any atom is -0.368 e. The smallest absolute Gasteiger partial charge is 0.238 e. The van der Waals surface area contributed by atoms with Gasteiger partial charge in [0.15, 0.2) is 0 Å². The predicted molar refractivity (Wildman–Crippen MR) is 101 cm³/mol. The van der Waals surface area contributed by atoms with Crippen molar-refractivity contribution in [3.05, 3.63) is 58.4 Å². The van der Waals surface area contributed by atoms with Crippen molar-refractivity contribution in [1.29, 1.82) is 5.26 Å². The molecule has 0 radical (unpaired) electrons. The molecule has 0 bridgehead atoms. The van der Waals surface area contributed by atoms with E-state index in [1.54, 1.807) is 12.1 Å². The summed E-state index contributed by atoms with van der Waals surface area (Å²) in [6.07, 6.45) is 0. The molecule has 0 spiro atoms. The number of primary sulfonamides is 1. The molecule has 0 amide bonds. The van der Waals surface area contributed by atoms with Gasteiger partial charge in [-0.3, -0.25) is 4.90 Å². The summed E-state index contributed by atoms with van der Waals surface area (Å²) in [4.78, 5) is 4.15. The average Bonchev–Trinajstić information content (AvgIpc) is 2.63. The molecule has 27 heavy (non-hydrogen) atoms. The molecule has 1 heterocycles. The summed E-state index contributed by atoms with van der Waals surface area (Å²) in [5.41, 5.74) is 1.82. The second-order valence-electron chi connectivity index (χ2n) is 6.33. The van der Waals surface area contributed by atoms with E-state index >= 15 is 0 Å². The van der Waals surface area contributed by atoms with E-state index in [0.717, 1.165) is 18.7 Å². The first-order chi connectivity index (χ1) is 12.8. The van der Waals surface area contributed by atoms with Gasteiger partial charge < -0.3 is 4.90 Å². The number of hydrogen-bond acceptors (Lipinski definition) is 5. The van der Waals surface area contributed by atoms with Crippen LogP contribution in [0, 0.1) is 17.1 Å². The highest BCUT2D eigenvalue weighted by atomic mass is 35.5. The van der Waals surface area contributed by atoms with Crippen LogP contribution in [-0.4, -0.2) is 39.5 Å². The molecule has 1 saturated heterocycles. The Morgan fingerprint density at radius 2 is 1.85 bits per heavy atom. The molecule has 3 rings (SSSR count). The molecule has 142 valence electrons. The largest absolute Gasteiger partial charge is 0.368 e. The Hall–Kier alpha value is -2.18. The Balaban J connectivity index is 1.70. The van der Waals surface area contributed by atoms with Gasteiger partial charge in [-0.1, -0.05) is 17.7 Å². The predicted octanol–water partition coefficient (Wildman–Crippen LogP) is 2.32. The highest BCUT2D eigenvalue weighted by Gasteiger charge is 2.21. The van der Waals surface area contributed by atoms with Crippen molar-refractivity contribution in [2.75, 3.05) is 31.1 Å². The van der Waals surface area contributed by atoms with E-state index in [0.29, 0.717) is 30.3 Å². The lowest BCUT2D eigenvalue weighted by Crippen LogP contribution is -2.46. The van der Waals surface area contributed by atoms with Crippen molar-refractivity contribution in [3.63, 3.8) is 0 Å². The van der Waals surface area contributed by atoms with Crippen molar-refractivity contribution in [1.82, 2.24) is 4.90 Å². The number of piperazine rings is 1. The van der Waals surface area contributed by atoms with Crippen LogP contribution in [0.3, 0.4) is 0 Å². The number of benzene rings is 2. The number of sulfonamides is 1. The van der Waals surface area contributed by atoms with E-state index in [2.05, 4.69) is 4.90 Å². The molecule has 2 aromatic rings. The molecule has 9 heteroatoms. The number of nitrogens with zero attached hydrogens (tertiary/aromatic N) is 3. The summed E-state index contributed by atoms with van der Waals surface area (Å²) >= 11 is 6.09. The van der Waals surface area contributed by atoms with Crippen molar-refractivity contribution < 1.29 is 12.8 Å². The van der Waals surface area contributed by atoms with Gasteiger partial charge in [0, 0.05) is 37.7 Å². The monoisotopic (exact) mass is 408 g/mol. The molecule has 0 atom stereocenters. The number of anilines is 1. The highest BCUT2D eigenvalue weighted by molar-refractivity contribution is 7.89. The van der Waals surface area contributed by atoms with Gasteiger partial charge >= 0.3 is 0 Å². The molecule has 0 saturated carbocycles. The number of nitriles is 1. The molecule has 0 unspecified atom stereocenters. The van der Waals surface area contributed by atoms with E-state index in [9.17, 15) is 18.1 Å². The Bertz CT molecular complexity index is 999. The lowest BCUT2D eigenvalue weighted by atomic mass is 10.1. The maximum atomic E-state index is 13.2. The van der Waals surface area contributed by atoms with Crippen molar-refractivity contribution in [2.45, 2.75) is 11.4 Å². The molecule has 2 N–H and O–H groups in total. The third kappa shape index (κ3) is 4.57. The van der Waals surface area contributed by atoms with Crippen LogP contribution in [0.1, 0.15) is 11.1 Å². The topological polar surface area (TPSA) is 90.4 Å². The zero-order valence-electron chi connectivity index (χ0n) is 14.4. The Morgan fingerprint density at radius 3 is 2.44 bits per heavy atom. The number of nitrogens with two attached hydrogens (primary N) is 1. The summed E-state index contributed by atoms with van der Waals surface area (Å²) in [6, 6.07) is 10.8. The Labute approximate surface area is 162 Å². The fraction of sp³-hybridized carbons (Fsp3) is 0.278. The van der Waals surface area contributed by atoms with Crippen LogP contribution in [0.4, 0.5) is 10.1 Å². The summed E-state index contributed by atoms with van der Waals surface area (Å²) in [7, 11) is -3.85. The lowest BCUT2D eigenvalue weighted by Gasteiger charge is -2.36. The quantitative estimate of drug-likeness (QED) is 0.838. The molecule has 6 nitrogen and oxygen atoms in total. The third-order valence-corrected chi connectivity index (χ3v) is 5.80. The number of hydrogen-bond donors (Lipinski definition) is 1. The van der Waals surface area contributed by atoms with Crippen LogP contribution in [0.25, 0.3) is 0 Å². The van der Waals surface area contributed by atoms with E-state index in [1.165, 1.54) is 24.3 Å². The summed E-state index contributed by atoms with van der Waals surface area (Å²) < 4.78 is 36.1. The second kappa shape index (κ2) is 7.82. The Kier molecular flexibility index (Phi) is 5.67. The van der Waals surface area contributed by atoms with Crippen molar-refractivity contribution >= 4 is 27.3 Å². The fourth-order valence-electron chi connectivity index (χ4n) is 3.10. The van der Waals surface area contributed by atoms with Gasteiger partial charge in [-0.15, -0.1) is 0 Å². The first-order valence-corrected chi connectivity index (χ1v) is 10.2. The summed E-state index contributed by atoms with van der Waals surface area (Å²) in [5, 5.41) is 14.9. The molecule has 2 aromatic carbocycles. The molecule has 0 aromatic heterocycles. The van der Waals surface area contributed by atoms with Gasteiger partial charge in [-0.2, -0.15) is 5.26 Å². The first kappa shape index (κ1) is 19.6. The molecular weight excluding hydrogens is 391 g/mol. The minimum absolute atomic E-state index is 0.0765. The second-order valence-corrected chi connectivity index (χ2v) is 8.30. The van der Waals surface area contributed by atoms with Crippen LogP contribution in [-0.2, 0) is 16.6 Å². The van der Waals surface area contributed by atoms with Crippen LogP contribution in [0.15, 0.2) is 41.3 Å². The first-order valence-electron chi connectivity index (χ1n) is 8.26. The Morgan fingerprint density at radius 1 is 1.15 bits per heavy atom. The van der Waals surface area contributed by atoms with Crippen LogP contribution in [0.5, 0.6) is 0 Å². The molecule has 0 aliphatic carbocycles. The van der Waals surface area contributed by atoms with Gasteiger partial charge in [-0.25, -0.2) is 17.9 Å². The zero-order chi connectivity index (χ0) is 19.6.